The van der Waals surface area contributed by atoms with Crippen LogP contribution in [0.1, 0.15) is 10.5 Å². The van der Waals surface area contributed by atoms with Crippen LogP contribution in [-0.2, 0) is 4.79 Å². The topological polar surface area (TPSA) is 96.9 Å². The van der Waals surface area contributed by atoms with Crippen LogP contribution >= 0.6 is 0 Å². The quantitative estimate of drug-likeness (QED) is 0.743. The van der Waals surface area contributed by atoms with E-state index >= 15 is 0 Å². The zero-order chi connectivity index (χ0) is 16.4. The lowest BCUT2D eigenvalue weighted by Gasteiger charge is -2.42. The maximum absolute atomic E-state index is 12.7. The Kier molecular flexibility index (Phi) is 4.28. The number of rotatable bonds is 3. The first-order valence-electron chi connectivity index (χ1n) is 7.40. The van der Waals surface area contributed by atoms with Crippen molar-refractivity contribution in [3.8, 4) is 11.9 Å². The fourth-order valence-electron chi connectivity index (χ4n) is 2.83. The second-order valence-corrected chi connectivity index (χ2v) is 5.38. The lowest BCUT2D eigenvalue weighted by molar-refractivity contribution is -0.131. The summed E-state index contributed by atoms with van der Waals surface area (Å²) in [6, 6.07) is 1.24. The first-order chi connectivity index (χ1) is 11.1. The standard InChI is InChI=1S/C14H19N5O4/c1-22-11-7-9(16-14(17-11)23-2)13(21)19-6-5-18-4-3-15-12(20)10(18)8-19/h7,10H,3-6,8H2,1-2H3,(H,15,20)/t10-/m0/s1. The lowest BCUT2D eigenvalue weighted by Crippen LogP contribution is -2.64. The third kappa shape index (κ3) is 3.04. The fraction of sp³-hybridized carbons (Fsp3) is 0.571. The molecular weight excluding hydrogens is 302 g/mol. The van der Waals surface area contributed by atoms with Gasteiger partial charge in [-0.3, -0.25) is 14.5 Å². The minimum atomic E-state index is -0.299. The van der Waals surface area contributed by atoms with Gasteiger partial charge in [0.1, 0.15) is 11.7 Å². The number of hydrogen-bond acceptors (Lipinski definition) is 7. The third-order valence-corrected chi connectivity index (χ3v) is 4.07. The molecule has 2 saturated heterocycles. The van der Waals surface area contributed by atoms with Gasteiger partial charge >= 0.3 is 6.01 Å². The molecule has 1 aromatic heterocycles. The summed E-state index contributed by atoms with van der Waals surface area (Å²) in [4.78, 5) is 36.5. The molecule has 0 unspecified atom stereocenters. The highest BCUT2D eigenvalue weighted by molar-refractivity contribution is 5.93. The maximum atomic E-state index is 12.7. The molecule has 0 saturated carbocycles. The van der Waals surface area contributed by atoms with E-state index in [9.17, 15) is 9.59 Å². The predicted molar refractivity (Wildman–Crippen MR) is 79.4 cm³/mol. The Morgan fingerprint density at radius 1 is 1.26 bits per heavy atom. The first kappa shape index (κ1) is 15.5. The second kappa shape index (κ2) is 6.37. The van der Waals surface area contributed by atoms with Gasteiger partial charge in [0.15, 0.2) is 0 Å². The van der Waals surface area contributed by atoms with Gasteiger partial charge in [-0.25, -0.2) is 0 Å². The van der Waals surface area contributed by atoms with Gasteiger partial charge in [0.25, 0.3) is 5.91 Å². The Balaban J connectivity index is 1.79. The van der Waals surface area contributed by atoms with Crippen molar-refractivity contribution < 1.29 is 19.1 Å². The van der Waals surface area contributed by atoms with E-state index < -0.39 is 0 Å². The molecule has 2 aliphatic heterocycles. The molecular formula is C14H19N5O4. The van der Waals surface area contributed by atoms with E-state index in [0.717, 1.165) is 6.54 Å². The Bertz CT molecular complexity index is 601. The van der Waals surface area contributed by atoms with E-state index in [0.29, 0.717) is 26.2 Å². The van der Waals surface area contributed by atoms with Gasteiger partial charge in [-0.15, -0.1) is 0 Å². The van der Waals surface area contributed by atoms with Crippen LogP contribution in [0.3, 0.4) is 0 Å². The molecule has 124 valence electrons. The number of carbonyl (C=O) groups is 2. The Morgan fingerprint density at radius 3 is 2.83 bits per heavy atom. The number of nitrogens with zero attached hydrogens (tertiary/aromatic N) is 4. The lowest BCUT2D eigenvalue weighted by atomic mass is 10.1. The van der Waals surface area contributed by atoms with Crippen molar-refractivity contribution in [2.24, 2.45) is 0 Å². The summed E-state index contributed by atoms with van der Waals surface area (Å²) in [5.41, 5.74) is 0.193. The first-order valence-corrected chi connectivity index (χ1v) is 7.40. The van der Waals surface area contributed by atoms with Crippen molar-refractivity contribution in [1.82, 2.24) is 25.1 Å². The summed E-state index contributed by atoms with van der Waals surface area (Å²) >= 11 is 0. The highest BCUT2D eigenvalue weighted by Gasteiger charge is 2.36. The zero-order valence-electron chi connectivity index (χ0n) is 13.1. The summed E-state index contributed by atoms with van der Waals surface area (Å²) in [5.74, 6) is -0.0390. The van der Waals surface area contributed by atoms with E-state index in [1.165, 1.54) is 20.3 Å². The normalized spacial score (nSPS) is 21.4. The molecule has 1 aromatic rings. The molecule has 0 aromatic carbocycles. The molecule has 1 N–H and O–H groups in total. The summed E-state index contributed by atoms with van der Waals surface area (Å²) in [7, 11) is 2.88. The van der Waals surface area contributed by atoms with Crippen molar-refractivity contribution in [2.75, 3.05) is 46.9 Å². The third-order valence-electron chi connectivity index (χ3n) is 4.07. The molecule has 9 nitrogen and oxygen atoms in total. The molecule has 0 bridgehead atoms. The highest BCUT2D eigenvalue weighted by atomic mass is 16.5. The summed E-state index contributed by atoms with van der Waals surface area (Å²) in [6.45, 7) is 3.04. The van der Waals surface area contributed by atoms with Crippen LogP contribution in [0.5, 0.6) is 11.9 Å². The largest absolute Gasteiger partial charge is 0.481 e. The van der Waals surface area contributed by atoms with Gasteiger partial charge in [0.2, 0.25) is 11.8 Å². The summed E-state index contributed by atoms with van der Waals surface area (Å²) in [6.07, 6.45) is 0. The summed E-state index contributed by atoms with van der Waals surface area (Å²) in [5, 5.41) is 2.83. The number of nitrogens with one attached hydrogen (secondary N) is 1. The molecule has 9 heteroatoms. The minimum Gasteiger partial charge on any atom is -0.481 e. The molecule has 2 fully saturated rings. The molecule has 2 amide bonds. The maximum Gasteiger partial charge on any atom is 0.320 e. The number of fused-ring (bicyclic) bond motifs is 1. The predicted octanol–water partition coefficient (Wildman–Crippen LogP) is -1.25. The average molecular weight is 321 g/mol. The molecule has 3 heterocycles. The van der Waals surface area contributed by atoms with Crippen molar-refractivity contribution >= 4 is 11.8 Å². The van der Waals surface area contributed by atoms with E-state index in [1.807, 2.05) is 0 Å². The minimum absolute atomic E-state index is 0.0356. The number of ether oxygens (including phenoxy) is 2. The van der Waals surface area contributed by atoms with Crippen molar-refractivity contribution in [2.45, 2.75) is 6.04 Å². The van der Waals surface area contributed by atoms with Crippen molar-refractivity contribution in [3.63, 3.8) is 0 Å². The SMILES string of the molecule is COc1cc(C(=O)N2CCN3CCNC(=O)[C@@H]3C2)nc(OC)n1. The van der Waals surface area contributed by atoms with Gasteiger partial charge in [-0.2, -0.15) is 9.97 Å². The van der Waals surface area contributed by atoms with Gasteiger partial charge in [-0.1, -0.05) is 0 Å². The zero-order valence-corrected chi connectivity index (χ0v) is 13.1. The highest BCUT2D eigenvalue weighted by Crippen LogP contribution is 2.18. The second-order valence-electron chi connectivity index (χ2n) is 5.38. The van der Waals surface area contributed by atoms with Crippen LogP contribution in [0.25, 0.3) is 0 Å². The Morgan fingerprint density at radius 2 is 2.09 bits per heavy atom. The van der Waals surface area contributed by atoms with Gasteiger partial charge in [0, 0.05) is 38.8 Å². The van der Waals surface area contributed by atoms with Crippen LogP contribution in [0, 0.1) is 0 Å². The number of carbonyl (C=O) groups excluding carboxylic acids is 2. The fourth-order valence-corrected chi connectivity index (χ4v) is 2.83. The molecule has 1 atom stereocenters. The molecule has 2 aliphatic rings. The van der Waals surface area contributed by atoms with E-state index in [-0.39, 0.29) is 35.4 Å². The Hall–Kier alpha value is -2.42. The van der Waals surface area contributed by atoms with E-state index in [4.69, 9.17) is 9.47 Å². The van der Waals surface area contributed by atoms with Gasteiger partial charge < -0.3 is 19.7 Å². The van der Waals surface area contributed by atoms with Crippen molar-refractivity contribution in [3.05, 3.63) is 11.8 Å². The van der Waals surface area contributed by atoms with Crippen LogP contribution in [0.2, 0.25) is 0 Å². The van der Waals surface area contributed by atoms with E-state index in [2.05, 4.69) is 20.2 Å². The van der Waals surface area contributed by atoms with Crippen molar-refractivity contribution in [1.29, 1.82) is 0 Å². The molecule has 0 radical (unpaired) electrons. The van der Waals surface area contributed by atoms with Crippen LogP contribution < -0.4 is 14.8 Å². The van der Waals surface area contributed by atoms with Gasteiger partial charge in [-0.05, 0) is 0 Å². The molecule has 3 rings (SSSR count). The smallest absolute Gasteiger partial charge is 0.320 e. The number of aromatic nitrogens is 2. The van der Waals surface area contributed by atoms with Crippen LogP contribution in [-0.4, -0.2) is 84.6 Å². The Labute approximate surface area is 133 Å². The molecule has 0 spiro atoms. The van der Waals surface area contributed by atoms with E-state index in [1.54, 1.807) is 4.90 Å². The molecule has 0 aliphatic carbocycles. The molecule has 23 heavy (non-hydrogen) atoms. The number of piperazine rings is 2. The summed E-state index contributed by atoms with van der Waals surface area (Å²) < 4.78 is 10.1. The van der Waals surface area contributed by atoms with Crippen LogP contribution in [0.15, 0.2) is 6.07 Å². The average Bonchev–Trinajstić information content (AvgIpc) is 2.60. The number of amides is 2. The monoisotopic (exact) mass is 321 g/mol. The van der Waals surface area contributed by atoms with Crippen LogP contribution in [0.4, 0.5) is 0 Å². The number of methoxy groups -OCH3 is 2. The van der Waals surface area contributed by atoms with Gasteiger partial charge in [0.05, 0.1) is 14.2 Å². The number of hydrogen-bond donors (Lipinski definition) is 1.